The third-order valence-electron chi connectivity index (χ3n) is 8.07. The molecule has 2 aliphatic heterocycles. The summed E-state index contributed by atoms with van der Waals surface area (Å²) in [5.41, 5.74) is -0.0332. The van der Waals surface area contributed by atoms with Crippen molar-refractivity contribution in [2.24, 2.45) is 22.7 Å². The molecule has 1 saturated heterocycles. The predicted octanol–water partition coefficient (Wildman–Crippen LogP) is 2.20. The number of aliphatic hydroxyl groups is 2. The zero-order chi connectivity index (χ0) is 18.0. The lowest BCUT2D eigenvalue weighted by atomic mass is 9.44. The van der Waals surface area contributed by atoms with Gasteiger partial charge >= 0.3 is 5.97 Å². The number of carbonyl (C=O) groups is 1. The van der Waals surface area contributed by atoms with Crippen LogP contribution in [0.4, 0.5) is 0 Å². The average Bonchev–Trinajstić information content (AvgIpc) is 3.15. The Balaban J connectivity index is 1.67. The summed E-state index contributed by atoms with van der Waals surface area (Å²) in [7, 11) is 0. The number of aliphatic hydroxyl groups excluding tert-OH is 2. The molecule has 2 heterocycles. The van der Waals surface area contributed by atoms with Crippen molar-refractivity contribution in [1.82, 2.24) is 0 Å². The van der Waals surface area contributed by atoms with Gasteiger partial charge in [0.15, 0.2) is 0 Å². The SMILES string of the molecule is C[C@]1(CO)[C@H]2CC[C@]3(C)O[C@H](C4=CCOC4=O)C[C@H]3[C@]2(C)CC[C@H]1O. The second kappa shape index (κ2) is 5.54. The van der Waals surface area contributed by atoms with Gasteiger partial charge in [-0.3, -0.25) is 0 Å². The molecule has 5 heteroatoms. The summed E-state index contributed by atoms with van der Waals surface area (Å²) in [6.45, 7) is 6.89. The third kappa shape index (κ3) is 2.28. The second-order valence-electron chi connectivity index (χ2n) is 9.28. The molecule has 4 rings (SSSR count). The molecular formula is C20H30O5. The van der Waals surface area contributed by atoms with Crippen molar-refractivity contribution in [1.29, 1.82) is 0 Å². The van der Waals surface area contributed by atoms with E-state index in [1.54, 1.807) is 0 Å². The normalized spacial score (nSPS) is 52.4. The van der Waals surface area contributed by atoms with Crippen molar-refractivity contribution < 1.29 is 24.5 Å². The lowest BCUT2D eigenvalue weighted by molar-refractivity contribution is -0.197. The van der Waals surface area contributed by atoms with Gasteiger partial charge in [0.05, 0.1) is 30.0 Å². The lowest BCUT2D eigenvalue weighted by Gasteiger charge is -2.61. The number of cyclic esters (lactones) is 1. The maximum atomic E-state index is 12.0. The second-order valence-corrected chi connectivity index (χ2v) is 9.28. The van der Waals surface area contributed by atoms with Gasteiger partial charge in [-0.25, -0.2) is 4.79 Å². The van der Waals surface area contributed by atoms with E-state index < -0.39 is 11.5 Å². The predicted molar refractivity (Wildman–Crippen MR) is 91.7 cm³/mol. The number of esters is 1. The zero-order valence-electron chi connectivity index (χ0n) is 15.5. The highest BCUT2D eigenvalue weighted by atomic mass is 16.5. The van der Waals surface area contributed by atoms with Crippen LogP contribution in [0.2, 0.25) is 0 Å². The molecule has 4 aliphatic rings. The van der Waals surface area contributed by atoms with Gasteiger partial charge in [-0.1, -0.05) is 13.8 Å². The van der Waals surface area contributed by atoms with Gasteiger partial charge in [0.2, 0.25) is 0 Å². The molecule has 0 unspecified atom stereocenters. The van der Waals surface area contributed by atoms with Crippen molar-refractivity contribution in [3.05, 3.63) is 11.6 Å². The van der Waals surface area contributed by atoms with Gasteiger partial charge in [0, 0.05) is 5.41 Å². The first kappa shape index (κ1) is 17.5. The zero-order valence-corrected chi connectivity index (χ0v) is 15.5. The highest BCUT2D eigenvalue weighted by Gasteiger charge is 2.65. The monoisotopic (exact) mass is 350 g/mol. The fraction of sp³-hybridized carbons (Fsp3) is 0.850. The van der Waals surface area contributed by atoms with Gasteiger partial charge in [0.25, 0.3) is 0 Å². The van der Waals surface area contributed by atoms with Crippen molar-refractivity contribution in [2.45, 2.75) is 70.7 Å². The Morgan fingerprint density at radius 1 is 1.20 bits per heavy atom. The van der Waals surface area contributed by atoms with E-state index in [0.29, 0.717) is 24.5 Å². The van der Waals surface area contributed by atoms with Crippen LogP contribution in [0, 0.1) is 22.7 Å². The molecule has 0 aromatic carbocycles. The Morgan fingerprint density at radius 2 is 1.96 bits per heavy atom. The summed E-state index contributed by atoms with van der Waals surface area (Å²) in [5, 5.41) is 20.7. The Bertz CT molecular complexity index is 615. The van der Waals surface area contributed by atoms with Crippen LogP contribution in [0.25, 0.3) is 0 Å². The van der Waals surface area contributed by atoms with Crippen molar-refractivity contribution in [3.8, 4) is 0 Å². The number of rotatable bonds is 2. The lowest BCUT2D eigenvalue weighted by Crippen LogP contribution is -2.61. The largest absolute Gasteiger partial charge is 0.458 e. The molecule has 0 radical (unpaired) electrons. The van der Waals surface area contributed by atoms with Crippen LogP contribution >= 0.6 is 0 Å². The highest BCUT2D eigenvalue weighted by molar-refractivity contribution is 5.91. The van der Waals surface area contributed by atoms with Crippen LogP contribution in [0.15, 0.2) is 11.6 Å². The van der Waals surface area contributed by atoms with Crippen molar-refractivity contribution in [2.75, 3.05) is 13.2 Å². The van der Waals surface area contributed by atoms with Crippen LogP contribution in [-0.4, -0.2) is 47.2 Å². The third-order valence-corrected chi connectivity index (χ3v) is 8.07. The van der Waals surface area contributed by atoms with Gasteiger partial charge in [-0.2, -0.15) is 0 Å². The van der Waals surface area contributed by atoms with E-state index in [9.17, 15) is 15.0 Å². The molecule has 0 bridgehead atoms. The molecule has 5 nitrogen and oxygen atoms in total. The first-order chi connectivity index (χ1) is 11.7. The van der Waals surface area contributed by atoms with E-state index in [-0.39, 0.29) is 35.6 Å². The van der Waals surface area contributed by atoms with E-state index >= 15 is 0 Å². The number of hydrogen-bond acceptors (Lipinski definition) is 5. The summed E-state index contributed by atoms with van der Waals surface area (Å²) in [4.78, 5) is 12.0. The first-order valence-electron chi connectivity index (χ1n) is 9.58. The Hall–Kier alpha value is -0.910. The van der Waals surface area contributed by atoms with Crippen LogP contribution in [0.3, 0.4) is 0 Å². The molecule has 2 aliphatic carbocycles. The van der Waals surface area contributed by atoms with Crippen LogP contribution in [0.5, 0.6) is 0 Å². The summed E-state index contributed by atoms with van der Waals surface area (Å²) in [6.07, 6.45) is 5.53. The van der Waals surface area contributed by atoms with E-state index in [1.807, 2.05) is 13.0 Å². The van der Waals surface area contributed by atoms with Crippen LogP contribution in [0.1, 0.15) is 52.9 Å². The molecule has 0 aromatic rings. The van der Waals surface area contributed by atoms with Crippen LogP contribution < -0.4 is 0 Å². The van der Waals surface area contributed by atoms with Gasteiger partial charge in [-0.05, 0) is 62.4 Å². The standard InChI is InChI=1S/C20H30O5/c1-18-7-5-16(22)19(2,11-21)14(18)4-8-20(3)15(18)10-13(25-20)12-6-9-24-17(12)23/h6,13-16,21-22H,4-5,7-11H2,1-3H3/t13-,14-,15-,16+,18+,19-,20-/m0/s1. The van der Waals surface area contributed by atoms with E-state index in [2.05, 4.69) is 13.8 Å². The molecule has 3 fully saturated rings. The number of hydrogen-bond donors (Lipinski definition) is 2. The summed E-state index contributed by atoms with van der Waals surface area (Å²) in [6, 6.07) is 0. The minimum Gasteiger partial charge on any atom is -0.458 e. The number of fused-ring (bicyclic) bond motifs is 3. The van der Waals surface area contributed by atoms with E-state index in [4.69, 9.17) is 9.47 Å². The van der Waals surface area contributed by atoms with E-state index in [0.717, 1.165) is 25.7 Å². The maximum Gasteiger partial charge on any atom is 0.336 e. The molecule has 25 heavy (non-hydrogen) atoms. The summed E-state index contributed by atoms with van der Waals surface area (Å²) >= 11 is 0. The Labute approximate surface area is 149 Å². The Kier molecular flexibility index (Phi) is 3.88. The number of carbonyl (C=O) groups excluding carboxylic acids is 1. The minimum atomic E-state index is -0.460. The summed E-state index contributed by atoms with van der Waals surface area (Å²) in [5.74, 6) is 0.336. The van der Waals surface area contributed by atoms with Crippen molar-refractivity contribution in [3.63, 3.8) is 0 Å². The number of ether oxygens (including phenoxy) is 2. The smallest absolute Gasteiger partial charge is 0.336 e. The van der Waals surface area contributed by atoms with Crippen LogP contribution in [-0.2, 0) is 14.3 Å². The quantitative estimate of drug-likeness (QED) is 0.747. The molecule has 7 atom stereocenters. The molecule has 2 saturated carbocycles. The molecule has 2 N–H and O–H groups in total. The van der Waals surface area contributed by atoms with Gasteiger partial charge in [0.1, 0.15) is 6.61 Å². The van der Waals surface area contributed by atoms with E-state index in [1.165, 1.54) is 0 Å². The highest BCUT2D eigenvalue weighted by Crippen LogP contribution is 2.66. The molecule has 0 amide bonds. The Morgan fingerprint density at radius 3 is 2.60 bits per heavy atom. The molecule has 0 aromatic heterocycles. The van der Waals surface area contributed by atoms with Gasteiger partial charge < -0.3 is 19.7 Å². The maximum absolute atomic E-state index is 12.0. The molecular weight excluding hydrogens is 320 g/mol. The fourth-order valence-electron chi connectivity index (χ4n) is 6.61. The van der Waals surface area contributed by atoms with Gasteiger partial charge in [-0.15, -0.1) is 0 Å². The fourth-order valence-corrected chi connectivity index (χ4v) is 6.61. The molecule has 0 spiro atoms. The van der Waals surface area contributed by atoms with Crippen molar-refractivity contribution >= 4 is 5.97 Å². The minimum absolute atomic E-state index is 0.00152. The average molecular weight is 350 g/mol. The summed E-state index contributed by atoms with van der Waals surface area (Å²) < 4.78 is 11.5. The topological polar surface area (TPSA) is 76.0 Å². The first-order valence-corrected chi connectivity index (χ1v) is 9.58. The molecule has 140 valence electrons.